The lowest BCUT2D eigenvalue weighted by Gasteiger charge is -2.07. The number of nitrogens with zero attached hydrogens (tertiary/aromatic N) is 2. The Kier molecular flexibility index (Phi) is 3.47. The van der Waals surface area contributed by atoms with Gasteiger partial charge in [0.2, 0.25) is 0 Å². The first-order valence-electron chi connectivity index (χ1n) is 7.47. The second-order valence-corrected chi connectivity index (χ2v) is 6.11. The molecule has 2 aromatic heterocycles. The third kappa shape index (κ3) is 2.51. The van der Waals surface area contributed by atoms with Gasteiger partial charge in [-0.3, -0.25) is 4.98 Å². The molecular weight excluding hydrogens is 324 g/mol. The number of carboxylic acids is 1. The van der Waals surface area contributed by atoms with E-state index in [-0.39, 0.29) is 0 Å². The van der Waals surface area contributed by atoms with E-state index in [1.807, 2.05) is 53.1 Å². The number of benzene rings is 2. The summed E-state index contributed by atoms with van der Waals surface area (Å²) < 4.78 is 1.96. The Labute approximate surface area is 142 Å². The quantitative estimate of drug-likeness (QED) is 0.595. The van der Waals surface area contributed by atoms with Crippen LogP contribution < -0.4 is 0 Å². The fraction of sp³-hybridized carbons (Fsp3) is 0.0526. The minimum absolute atomic E-state index is 0.316. The van der Waals surface area contributed by atoms with Gasteiger partial charge in [0.1, 0.15) is 0 Å². The predicted molar refractivity (Wildman–Crippen MR) is 94.8 cm³/mol. The molecule has 4 aromatic rings. The van der Waals surface area contributed by atoms with Crippen molar-refractivity contribution in [1.29, 1.82) is 0 Å². The maximum Gasteiger partial charge on any atom is 0.337 e. The Morgan fingerprint density at radius 1 is 1.17 bits per heavy atom. The van der Waals surface area contributed by atoms with E-state index in [0.717, 1.165) is 27.4 Å². The molecule has 0 saturated carbocycles. The standard InChI is InChI=1S/C19H13ClN2O2/c20-14-8-13-7-12(5-6-17(13)21-9-14)10-22-11-16(19(23)24)15-3-1-2-4-18(15)22/h1-9,11H,10H2,(H,23,24). The molecule has 0 amide bonds. The third-order valence-electron chi connectivity index (χ3n) is 4.08. The number of para-hydroxylation sites is 1. The van der Waals surface area contributed by atoms with Gasteiger partial charge in [-0.25, -0.2) is 4.79 Å². The highest BCUT2D eigenvalue weighted by Gasteiger charge is 2.13. The summed E-state index contributed by atoms with van der Waals surface area (Å²) in [4.78, 5) is 15.7. The van der Waals surface area contributed by atoms with Crippen molar-refractivity contribution >= 4 is 39.4 Å². The Bertz CT molecular complexity index is 1090. The number of carboxylic acid groups (broad SMARTS) is 1. The lowest BCUT2D eigenvalue weighted by molar-refractivity contribution is 0.0699. The topological polar surface area (TPSA) is 55.1 Å². The molecule has 0 atom stereocenters. The molecule has 0 spiro atoms. The molecule has 4 nitrogen and oxygen atoms in total. The fourth-order valence-electron chi connectivity index (χ4n) is 3.00. The van der Waals surface area contributed by atoms with Gasteiger partial charge < -0.3 is 9.67 Å². The minimum atomic E-state index is -0.917. The lowest BCUT2D eigenvalue weighted by atomic mass is 10.1. The van der Waals surface area contributed by atoms with Gasteiger partial charge in [-0.2, -0.15) is 0 Å². The van der Waals surface area contributed by atoms with Crippen LogP contribution in [0.15, 0.2) is 60.9 Å². The number of rotatable bonds is 3. The van der Waals surface area contributed by atoms with E-state index in [1.54, 1.807) is 12.4 Å². The SMILES string of the molecule is O=C(O)c1cn(Cc2ccc3ncc(Cl)cc3c2)c2ccccc12. The molecule has 5 heteroatoms. The number of halogens is 1. The predicted octanol–water partition coefficient (Wildman–Crippen LogP) is 4.59. The molecule has 0 bridgehead atoms. The zero-order valence-electron chi connectivity index (χ0n) is 12.6. The van der Waals surface area contributed by atoms with Crippen LogP contribution in [-0.2, 0) is 6.54 Å². The minimum Gasteiger partial charge on any atom is -0.478 e. The average molecular weight is 337 g/mol. The highest BCUT2D eigenvalue weighted by atomic mass is 35.5. The molecule has 4 rings (SSSR count). The van der Waals surface area contributed by atoms with Crippen LogP contribution in [0.1, 0.15) is 15.9 Å². The zero-order chi connectivity index (χ0) is 16.7. The van der Waals surface area contributed by atoms with Crippen LogP contribution in [0.2, 0.25) is 5.02 Å². The van der Waals surface area contributed by atoms with Crippen molar-refractivity contribution in [3.8, 4) is 0 Å². The summed E-state index contributed by atoms with van der Waals surface area (Å²) >= 11 is 6.01. The van der Waals surface area contributed by atoms with E-state index >= 15 is 0 Å². The van der Waals surface area contributed by atoms with Crippen LogP contribution in [0.4, 0.5) is 0 Å². The second kappa shape index (κ2) is 5.65. The van der Waals surface area contributed by atoms with Crippen LogP contribution >= 0.6 is 11.6 Å². The molecule has 0 fully saturated rings. The molecule has 0 unspecified atom stereocenters. The van der Waals surface area contributed by atoms with Crippen LogP contribution in [0.25, 0.3) is 21.8 Å². The third-order valence-corrected chi connectivity index (χ3v) is 4.29. The second-order valence-electron chi connectivity index (χ2n) is 5.67. The smallest absolute Gasteiger partial charge is 0.337 e. The van der Waals surface area contributed by atoms with Gasteiger partial charge in [-0.05, 0) is 29.8 Å². The number of hydrogen-bond donors (Lipinski definition) is 1. The highest BCUT2D eigenvalue weighted by Crippen LogP contribution is 2.24. The van der Waals surface area contributed by atoms with E-state index in [0.29, 0.717) is 17.1 Å². The summed E-state index contributed by atoms with van der Waals surface area (Å²) in [5.41, 5.74) is 3.16. The van der Waals surface area contributed by atoms with Gasteiger partial charge >= 0.3 is 5.97 Å². The van der Waals surface area contributed by atoms with E-state index in [2.05, 4.69) is 4.98 Å². The summed E-state index contributed by atoms with van der Waals surface area (Å²) in [6, 6.07) is 15.4. The maximum absolute atomic E-state index is 11.5. The highest BCUT2D eigenvalue weighted by molar-refractivity contribution is 6.31. The number of aromatic nitrogens is 2. The van der Waals surface area contributed by atoms with Crippen molar-refractivity contribution in [3.63, 3.8) is 0 Å². The largest absolute Gasteiger partial charge is 0.478 e. The maximum atomic E-state index is 11.5. The Hall–Kier alpha value is -2.85. The molecular formula is C19H13ClN2O2. The van der Waals surface area contributed by atoms with Gasteiger partial charge in [0.15, 0.2) is 0 Å². The number of pyridine rings is 1. The van der Waals surface area contributed by atoms with Gasteiger partial charge in [0, 0.05) is 35.2 Å². The van der Waals surface area contributed by atoms with Crippen LogP contribution in [-0.4, -0.2) is 20.6 Å². The molecule has 2 heterocycles. The van der Waals surface area contributed by atoms with Crippen LogP contribution in [0.5, 0.6) is 0 Å². The molecule has 2 aromatic carbocycles. The van der Waals surface area contributed by atoms with Crippen molar-refractivity contribution in [3.05, 3.63) is 77.1 Å². The first-order chi connectivity index (χ1) is 11.6. The van der Waals surface area contributed by atoms with Crippen LogP contribution in [0, 0.1) is 0 Å². The number of carbonyl (C=O) groups is 1. The van der Waals surface area contributed by atoms with Crippen molar-refractivity contribution in [2.75, 3.05) is 0 Å². The summed E-state index contributed by atoms with van der Waals surface area (Å²) in [5.74, 6) is -0.917. The zero-order valence-corrected chi connectivity index (χ0v) is 13.4. The van der Waals surface area contributed by atoms with E-state index in [9.17, 15) is 9.90 Å². The Morgan fingerprint density at radius 3 is 2.83 bits per heavy atom. The monoisotopic (exact) mass is 336 g/mol. The van der Waals surface area contributed by atoms with Crippen LogP contribution in [0.3, 0.4) is 0 Å². The van der Waals surface area contributed by atoms with E-state index in [4.69, 9.17) is 11.6 Å². The molecule has 1 N–H and O–H groups in total. The van der Waals surface area contributed by atoms with Crippen molar-refractivity contribution < 1.29 is 9.90 Å². The summed E-state index contributed by atoms with van der Waals surface area (Å²) in [5, 5.41) is 11.7. The van der Waals surface area contributed by atoms with E-state index < -0.39 is 5.97 Å². The first kappa shape index (κ1) is 14.7. The van der Waals surface area contributed by atoms with E-state index in [1.165, 1.54) is 0 Å². The van der Waals surface area contributed by atoms with Gasteiger partial charge in [0.05, 0.1) is 16.1 Å². The summed E-state index contributed by atoms with van der Waals surface area (Å²) in [6.07, 6.45) is 3.32. The van der Waals surface area contributed by atoms with Crippen molar-refractivity contribution in [2.45, 2.75) is 6.54 Å². The summed E-state index contributed by atoms with van der Waals surface area (Å²) in [7, 11) is 0. The molecule has 0 aliphatic carbocycles. The number of aromatic carboxylic acids is 1. The average Bonchev–Trinajstić information content (AvgIpc) is 2.94. The molecule has 0 aliphatic rings. The lowest BCUT2D eigenvalue weighted by Crippen LogP contribution is -1.99. The molecule has 118 valence electrons. The Morgan fingerprint density at radius 2 is 2.00 bits per heavy atom. The van der Waals surface area contributed by atoms with Gasteiger partial charge in [-0.1, -0.05) is 35.9 Å². The number of hydrogen-bond acceptors (Lipinski definition) is 2. The van der Waals surface area contributed by atoms with Gasteiger partial charge in [0.25, 0.3) is 0 Å². The number of fused-ring (bicyclic) bond motifs is 2. The molecule has 24 heavy (non-hydrogen) atoms. The van der Waals surface area contributed by atoms with Crippen molar-refractivity contribution in [1.82, 2.24) is 9.55 Å². The summed E-state index contributed by atoms with van der Waals surface area (Å²) in [6.45, 7) is 0.580. The molecule has 0 saturated heterocycles. The first-order valence-corrected chi connectivity index (χ1v) is 7.85. The molecule has 0 aliphatic heterocycles. The normalized spacial score (nSPS) is 11.2. The van der Waals surface area contributed by atoms with Crippen molar-refractivity contribution in [2.24, 2.45) is 0 Å². The Balaban J connectivity index is 1.80. The molecule has 0 radical (unpaired) electrons. The fourth-order valence-corrected chi connectivity index (χ4v) is 3.16. The van der Waals surface area contributed by atoms with Gasteiger partial charge in [-0.15, -0.1) is 0 Å².